The Hall–Kier alpha value is -5.48. The van der Waals surface area contributed by atoms with Crippen LogP contribution >= 0.6 is 0 Å². The van der Waals surface area contributed by atoms with Crippen LogP contribution in [0.15, 0.2) is 148 Å². The molecule has 0 spiro atoms. The van der Waals surface area contributed by atoms with Crippen molar-refractivity contribution in [2.45, 2.75) is 6.04 Å². The molecule has 4 heteroatoms. The highest BCUT2D eigenvalue weighted by molar-refractivity contribution is 6.16. The van der Waals surface area contributed by atoms with E-state index in [-0.39, 0.29) is 12.0 Å². The van der Waals surface area contributed by atoms with Crippen molar-refractivity contribution in [1.29, 1.82) is 0 Å². The van der Waals surface area contributed by atoms with E-state index in [0.717, 1.165) is 50.7 Å². The zero-order chi connectivity index (χ0) is 27.6. The Bertz CT molecular complexity index is 2210. The van der Waals surface area contributed by atoms with Crippen LogP contribution in [0.4, 0.5) is 0 Å². The molecule has 2 atom stereocenters. The predicted molar refractivity (Wildman–Crippen MR) is 172 cm³/mol. The first-order valence-corrected chi connectivity index (χ1v) is 14.3. The van der Waals surface area contributed by atoms with Gasteiger partial charge in [0.2, 0.25) is 0 Å². The Morgan fingerprint density at radius 3 is 2.07 bits per heavy atom. The second kappa shape index (κ2) is 9.02. The molecule has 0 N–H and O–H groups in total. The minimum absolute atomic E-state index is 0.00951. The molecule has 5 aromatic carbocycles. The molecule has 0 amide bonds. The van der Waals surface area contributed by atoms with Gasteiger partial charge in [-0.15, -0.1) is 0 Å². The Kier molecular flexibility index (Phi) is 4.99. The summed E-state index contributed by atoms with van der Waals surface area (Å²) in [5.74, 6) is 1.62. The van der Waals surface area contributed by atoms with Gasteiger partial charge in [0.1, 0.15) is 17.4 Å². The van der Waals surface area contributed by atoms with Gasteiger partial charge in [0.15, 0.2) is 5.84 Å². The number of hydrogen-bond acceptors (Lipinski definition) is 3. The number of amidine groups is 1. The van der Waals surface area contributed by atoms with Crippen molar-refractivity contribution in [3.8, 4) is 5.69 Å². The van der Waals surface area contributed by atoms with Gasteiger partial charge < -0.3 is 8.98 Å². The topological polar surface area (TPSA) is 42.8 Å². The van der Waals surface area contributed by atoms with Crippen molar-refractivity contribution in [1.82, 2.24) is 4.57 Å². The number of para-hydroxylation sites is 3. The van der Waals surface area contributed by atoms with E-state index in [1.165, 1.54) is 21.8 Å². The molecule has 42 heavy (non-hydrogen) atoms. The fourth-order valence-corrected chi connectivity index (χ4v) is 6.66. The molecule has 2 unspecified atom stereocenters. The van der Waals surface area contributed by atoms with Crippen LogP contribution in [0.5, 0.6) is 0 Å². The maximum Gasteiger partial charge on any atom is 0.155 e. The first kappa shape index (κ1) is 23.2. The summed E-state index contributed by atoms with van der Waals surface area (Å²) in [6.45, 7) is 0. The first-order chi connectivity index (χ1) is 20.8. The van der Waals surface area contributed by atoms with E-state index in [1.807, 2.05) is 18.2 Å². The number of aromatic nitrogens is 1. The van der Waals surface area contributed by atoms with E-state index in [2.05, 4.69) is 126 Å². The van der Waals surface area contributed by atoms with Gasteiger partial charge in [0, 0.05) is 33.0 Å². The van der Waals surface area contributed by atoms with Crippen LogP contribution < -0.4 is 0 Å². The second-order valence-electron chi connectivity index (χ2n) is 10.9. The summed E-state index contributed by atoms with van der Waals surface area (Å²) in [5, 5.41) is 3.61. The lowest BCUT2D eigenvalue weighted by Crippen LogP contribution is -2.28. The van der Waals surface area contributed by atoms with E-state index in [4.69, 9.17) is 14.4 Å². The summed E-state index contributed by atoms with van der Waals surface area (Å²) in [6, 6.07) is 44.3. The van der Waals surface area contributed by atoms with Gasteiger partial charge in [-0.2, -0.15) is 0 Å². The minimum atomic E-state index is -0.197. The molecule has 198 valence electrons. The van der Waals surface area contributed by atoms with Gasteiger partial charge in [-0.05, 0) is 35.9 Å². The van der Waals surface area contributed by atoms with E-state index < -0.39 is 0 Å². The summed E-state index contributed by atoms with van der Waals surface area (Å²) >= 11 is 0. The lowest BCUT2D eigenvalue weighted by atomic mass is 9.82. The number of furan rings is 1. The van der Waals surface area contributed by atoms with Gasteiger partial charge >= 0.3 is 0 Å². The number of nitrogens with zero attached hydrogens (tertiary/aromatic N) is 3. The van der Waals surface area contributed by atoms with Crippen LogP contribution in [0, 0.1) is 5.92 Å². The highest BCUT2D eigenvalue weighted by Gasteiger charge is 2.37. The lowest BCUT2D eigenvalue weighted by Gasteiger charge is -2.29. The van der Waals surface area contributed by atoms with E-state index >= 15 is 0 Å². The molecule has 0 fully saturated rings. The average molecular weight is 540 g/mol. The molecule has 1 aliphatic heterocycles. The molecular formula is C38H25N3O. The maximum absolute atomic E-state index is 6.49. The van der Waals surface area contributed by atoms with Crippen LogP contribution in [-0.4, -0.2) is 16.1 Å². The molecule has 2 aliphatic rings. The van der Waals surface area contributed by atoms with Gasteiger partial charge in [0.25, 0.3) is 0 Å². The van der Waals surface area contributed by atoms with Crippen LogP contribution in [0.25, 0.3) is 44.5 Å². The number of hydrogen-bond donors (Lipinski definition) is 0. The molecule has 7 aromatic rings. The molecule has 4 nitrogen and oxygen atoms in total. The predicted octanol–water partition coefficient (Wildman–Crippen LogP) is 9.16. The SMILES string of the molecule is C1=CC2C(c3ccccc3)=NC(c3cccc(-n4c5ccccc5c5ccccc54)c3)=NC2c2oc3ccccc3c21. The van der Waals surface area contributed by atoms with Crippen LogP contribution in [0.3, 0.4) is 0 Å². The van der Waals surface area contributed by atoms with Crippen LogP contribution in [-0.2, 0) is 0 Å². The van der Waals surface area contributed by atoms with Crippen molar-refractivity contribution < 1.29 is 4.42 Å². The van der Waals surface area contributed by atoms with Crippen LogP contribution in [0.2, 0.25) is 0 Å². The monoisotopic (exact) mass is 539 g/mol. The molecule has 0 saturated heterocycles. The molecular weight excluding hydrogens is 514 g/mol. The molecule has 1 aliphatic carbocycles. The first-order valence-electron chi connectivity index (χ1n) is 14.3. The zero-order valence-electron chi connectivity index (χ0n) is 22.7. The third-order valence-electron chi connectivity index (χ3n) is 8.56. The van der Waals surface area contributed by atoms with Gasteiger partial charge in [0.05, 0.1) is 22.7 Å². The number of rotatable bonds is 3. The Morgan fingerprint density at radius 2 is 1.29 bits per heavy atom. The smallest absolute Gasteiger partial charge is 0.155 e. The molecule has 0 radical (unpaired) electrons. The average Bonchev–Trinajstić information content (AvgIpc) is 3.61. The van der Waals surface area contributed by atoms with Crippen molar-refractivity contribution >= 4 is 50.4 Å². The summed E-state index contributed by atoms with van der Waals surface area (Å²) in [6.07, 6.45) is 4.43. The maximum atomic E-state index is 6.49. The summed E-state index contributed by atoms with van der Waals surface area (Å²) in [5.41, 5.74) is 8.54. The van der Waals surface area contributed by atoms with Crippen molar-refractivity contribution in [2.24, 2.45) is 15.9 Å². The standard InChI is InChI=1S/C38H25N3O/c1-2-11-24(12-3-1)35-31-22-21-30-29-17-6-9-20-34(29)42-37(30)36(31)40-38(39-35)25-13-10-14-26(23-25)41-32-18-7-4-15-27(32)28-16-5-8-19-33(28)41/h1-23,31,36H. The van der Waals surface area contributed by atoms with Crippen LogP contribution in [0.1, 0.15) is 28.5 Å². The van der Waals surface area contributed by atoms with E-state index in [1.54, 1.807) is 0 Å². The summed E-state index contributed by atoms with van der Waals surface area (Å²) in [7, 11) is 0. The van der Waals surface area contributed by atoms with Crippen molar-refractivity contribution in [3.05, 3.63) is 156 Å². The third kappa shape index (κ3) is 3.42. The highest BCUT2D eigenvalue weighted by atomic mass is 16.3. The third-order valence-corrected chi connectivity index (χ3v) is 8.56. The molecule has 0 saturated carbocycles. The van der Waals surface area contributed by atoms with Gasteiger partial charge in [-0.3, -0.25) is 4.99 Å². The molecule has 0 bridgehead atoms. The van der Waals surface area contributed by atoms with E-state index in [0.29, 0.717) is 0 Å². The molecule has 9 rings (SSSR count). The second-order valence-corrected chi connectivity index (χ2v) is 10.9. The minimum Gasteiger partial charge on any atom is -0.458 e. The Morgan fingerprint density at radius 1 is 0.619 bits per heavy atom. The highest BCUT2D eigenvalue weighted by Crippen LogP contribution is 2.44. The van der Waals surface area contributed by atoms with Gasteiger partial charge in [-0.1, -0.05) is 109 Å². The molecule has 3 heterocycles. The quantitative estimate of drug-likeness (QED) is 0.221. The Balaban J connectivity index is 1.25. The lowest BCUT2D eigenvalue weighted by molar-refractivity contribution is 0.466. The number of aliphatic imine (C=N–C) groups is 2. The van der Waals surface area contributed by atoms with Gasteiger partial charge in [-0.25, -0.2) is 4.99 Å². The summed E-state index contributed by atoms with van der Waals surface area (Å²) in [4.78, 5) is 10.6. The number of fused-ring (bicyclic) bond motifs is 8. The normalized spacial score (nSPS) is 17.7. The fraction of sp³-hybridized carbons (Fsp3) is 0.0526. The largest absolute Gasteiger partial charge is 0.458 e. The summed E-state index contributed by atoms with van der Waals surface area (Å²) < 4.78 is 8.83. The van der Waals surface area contributed by atoms with E-state index in [9.17, 15) is 0 Å². The van der Waals surface area contributed by atoms with Crippen molar-refractivity contribution in [3.63, 3.8) is 0 Å². The fourth-order valence-electron chi connectivity index (χ4n) is 6.66. The Labute approximate surface area is 242 Å². The molecule has 2 aromatic heterocycles. The zero-order valence-corrected chi connectivity index (χ0v) is 22.7. The van der Waals surface area contributed by atoms with Crippen molar-refractivity contribution in [2.75, 3.05) is 0 Å². The number of benzene rings is 5.